The van der Waals surface area contributed by atoms with Crippen molar-refractivity contribution in [1.29, 1.82) is 0 Å². The van der Waals surface area contributed by atoms with E-state index in [4.69, 9.17) is 5.73 Å². The summed E-state index contributed by atoms with van der Waals surface area (Å²) < 4.78 is 2.19. The molecule has 2 rings (SSSR count). The van der Waals surface area contributed by atoms with Gasteiger partial charge in [0, 0.05) is 23.5 Å². The third-order valence-electron chi connectivity index (χ3n) is 3.93. The van der Waals surface area contributed by atoms with Crippen LogP contribution < -0.4 is 11.1 Å². The van der Waals surface area contributed by atoms with Crippen LogP contribution >= 0.6 is 11.8 Å². The molecular formula is C14H23N3OS. The minimum atomic E-state index is -0.0225. The van der Waals surface area contributed by atoms with Gasteiger partial charge in [0.2, 0.25) is 0 Å². The van der Waals surface area contributed by atoms with Crippen LogP contribution in [0.15, 0.2) is 12.3 Å². The van der Waals surface area contributed by atoms with Crippen LogP contribution in [0.2, 0.25) is 0 Å². The number of rotatable bonds is 5. The summed E-state index contributed by atoms with van der Waals surface area (Å²) in [5, 5.41) is 3.07. The fraction of sp³-hybridized carbons (Fsp3) is 0.643. The summed E-state index contributed by atoms with van der Waals surface area (Å²) in [5.74, 6) is -0.0225. The van der Waals surface area contributed by atoms with E-state index in [2.05, 4.69) is 11.6 Å². The molecule has 3 N–H and O–H groups in total. The Morgan fingerprint density at radius 3 is 2.74 bits per heavy atom. The van der Waals surface area contributed by atoms with Gasteiger partial charge in [-0.1, -0.05) is 6.42 Å². The molecule has 1 aromatic rings. The number of nitrogens with two attached hydrogens (primary N) is 1. The van der Waals surface area contributed by atoms with E-state index in [1.54, 1.807) is 6.07 Å². The Bertz CT molecular complexity index is 458. The molecule has 0 atom stereocenters. The maximum absolute atomic E-state index is 12.3. The van der Waals surface area contributed by atoms with Crippen molar-refractivity contribution in [1.82, 2.24) is 9.88 Å². The summed E-state index contributed by atoms with van der Waals surface area (Å²) in [6.45, 7) is 4.84. The summed E-state index contributed by atoms with van der Waals surface area (Å²) in [5.41, 5.74) is 7.09. The maximum atomic E-state index is 12.3. The molecule has 1 saturated carbocycles. The van der Waals surface area contributed by atoms with E-state index in [0.717, 1.165) is 6.54 Å². The average Bonchev–Trinajstić information content (AvgIpc) is 2.70. The molecule has 0 unspecified atom stereocenters. The molecule has 1 amide bonds. The highest BCUT2D eigenvalue weighted by Crippen LogP contribution is 2.42. The zero-order chi connectivity index (χ0) is 14.0. The Hall–Kier alpha value is -1.10. The molecule has 1 aromatic heterocycles. The van der Waals surface area contributed by atoms with Crippen LogP contribution in [0, 0.1) is 0 Å². The molecule has 106 valence electrons. The molecule has 19 heavy (non-hydrogen) atoms. The first-order chi connectivity index (χ1) is 8.97. The van der Waals surface area contributed by atoms with Crippen LogP contribution in [0.4, 0.5) is 5.69 Å². The second kappa shape index (κ2) is 5.49. The van der Waals surface area contributed by atoms with E-state index < -0.39 is 0 Å². The van der Waals surface area contributed by atoms with Crippen molar-refractivity contribution in [3.63, 3.8) is 0 Å². The number of hydrogen-bond acceptors (Lipinski definition) is 3. The predicted octanol–water partition coefficient (Wildman–Crippen LogP) is 2.67. The molecule has 0 spiro atoms. The fourth-order valence-electron chi connectivity index (χ4n) is 2.47. The number of aromatic nitrogens is 1. The Kier molecular flexibility index (Phi) is 4.13. The Morgan fingerprint density at radius 2 is 2.26 bits per heavy atom. The van der Waals surface area contributed by atoms with Crippen molar-refractivity contribution >= 4 is 23.4 Å². The van der Waals surface area contributed by atoms with Gasteiger partial charge in [-0.25, -0.2) is 0 Å². The van der Waals surface area contributed by atoms with E-state index in [1.807, 2.05) is 36.4 Å². The molecule has 4 nitrogen and oxygen atoms in total. The minimum Gasteiger partial charge on any atom is -0.397 e. The highest BCUT2D eigenvalue weighted by atomic mass is 32.2. The zero-order valence-corrected chi connectivity index (χ0v) is 12.7. The van der Waals surface area contributed by atoms with Crippen molar-refractivity contribution < 1.29 is 4.79 Å². The van der Waals surface area contributed by atoms with Crippen molar-refractivity contribution in [2.75, 3.05) is 18.5 Å². The first-order valence-corrected chi connectivity index (χ1v) is 8.00. The summed E-state index contributed by atoms with van der Waals surface area (Å²) in [7, 11) is 0. The number of carbonyl (C=O) groups is 1. The summed E-state index contributed by atoms with van der Waals surface area (Å²) in [6.07, 6.45) is 7.61. The van der Waals surface area contributed by atoms with Crippen LogP contribution in [0.25, 0.3) is 0 Å². The lowest BCUT2D eigenvalue weighted by Gasteiger charge is -2.40. The highest BCUT2D eigenvalue weighted by molar-refractivity contribution is 8.00. The highest BCUT2D eigenvalue weighted by Gasteiger charge is 2.36. The second-order valence-electron chi connectivity index (χ2n) is 5.58. The summed E-state index contributed by atoms with van der Waals surface area (Å²) in [6, 6.07) is 1.98. The standard InChI is InChI=1S/C14H23N3OS/c1-10(2)17-8-11(15)7-12(17)13(18)16-9-14(19-3)5-4-6-14/h7-8,10H,4-6,9,15H2,1-3H3,(H,16,18). The largest absolute Gasteiger partial charge is 0.397 e. The van der Waals surface area contributed by atoms with Crippen molar-refractivity contribution in [3.05, 3.63) is 18.0 Å². The van der Waals surface area contributed by atoms with Gasteiger partial charge in [-0.3, -0.25) is 4.79 Å². The van der Waals surface area contributed by atoms with Crippen LogP contribution in [0.3, 0.4) is 0 Å². The van der Waals surface area contributed by atoms with Gasteiger partial charge in [0.1, 0.15) is 5.69 Å². The van der Waals surface area contributed by atoms with Crippen LogP contribution in [-0.2, 0) is 0 Å². The molecule has 0 radical (unpaired) electrons. The summed E-state index contributed by atoms with van der Waals surface area (Å²) >= 11 is 1.87. The van der Waals surface area contributed by atoms with Gasteiger partial charge in [0.05, 0.1) is 5.69 Å². The minimum absolute atomic E-state index is 0.0225. The van der Waals surface area contributed by atoms with Gasteiger partial charge in [-0.05, 0) is 39.0 Å². The zero-order valence-electron chi connectivity index (χ0n) is 11.9. The number of anilines is 1. The van der Waals surface area contributed by atoms with Crippen LogP contribution in [0.5, 0.6) is 0 Å². The third kappa shape index (κ3) is 2.91. The number of thioether (sulfide) groups is 1. The molecule has 0 bridgehead atoms. The van der Waals surface area contributed by atoms with Crippen molar-refractivity contribution in [2.24, 2.45) is 0 Å². The van der Waals surface area contributed by atoms with E-state index in [0.29, 0.717) is 11.4 Å². The number of amides is 1. The normalized spacial score (nSPS) is 17.3. The van der Waals surface area contributed by atoms with Gasteiger partial charge < -0.3 is 15.6 Å². The van der Waals surface area contributed by atoms with E-state index in [9.17, 15) is 4.79 Å². The van der Waals surface area contributed by atoms with Gasteiger partial charge in [0.15, 0.2) is 0 Å². The van der Waals surface area contributed by atoms with Crippen LogP contribution in [0.1, 0.15) is 49.6 Å². The molecule has 0 aliphatic heterocycles. The number of nitrogen functional groups attached to an aromatic ring is 1. The Balaban J connectivity index is 2.04. The quantitative estimate of drug-likeness (QED) is 0.872. The molecule has 1 aliphatic carbocycles. The number of hydrogen-bond donors (Lipinski definition) is 2. The molecule has 0 saturated heterocycles. The average molecular weight is 281 g/mol. The smallest absolute Gasteiger partial charge is 0.268 e. The van der Waals surface area contributed by atoms with Gasteiger partial charge in [0.25, 0.3) is 5.91 Å². The molecule has 0 aromatic carbocycles. The fourth-order valence-corrected chi connectivity index (χ4v) is 3.38. The maximum Gasteiger partial charge on any atom is 0.268 e. The van der Waals surface area contributed by atoms with Gasteiger partial charge in [-0.15, -0.1) is 0 Å². The predicted molar refractivity (Wildman–Crippen MR) is 81.7 cm³/mol. The Labute approximate surface area is 119 Å². The third-order valence-corrected chi connectivity index (χ3v) is 5.35. The van der Waals surface area contributed by atoms with E-state index >= 15 is 0 Å². The lowest BCUT2D eigenvalue weighted by atomic mass is 9.84. The van der Waals surface area contributed by atoms with E-state index in [1.165, 1.54) is 19.3 Å². The summed E-state index contributed by atoms with van der Waals surface area (Å²) in [4.78, 5) is 12.3. The first kappa shape index (κ1) is 14.3. The number of carbonyl (C=O) groups excluding carboxylic acids is 1. The monoisotopic (exact) mass is 281 g/mol. The first-order valence-electron chi connectivity index (χ1n) is 6.78. The van der Waals surface area contributed by atoms with E-state index in [-0.39, 0.29) is 16.7 Å². The molecule has 1 aliphatic rings. The lowest BCUT2D eigenvalue weighted by molar-refractivity contribution is 0.0933. The second-order valence-corrected chi connectivity index (χ2v) is 6.86. The molecule has 5 heteroatoms. The van der Waals surface area contributed by atoms with Crippen molar-refractivity contribution in [3.8, 4) is 0 Å². The Morgan fingerprint density at radius 1 is 1.58 bits per heavy atom. The molecule has 1 heterocycles. The topological polar surface area (TPSA) is 60.1 Å². The number of nitrogens with one attached hydrogen (secondary N) is 1. The molecular weight excluding hydrogens is 258 g/mol. The van der Waals surface area contributed by atoms with Crippen molar-refractivity contribution in [2.45, 2.75) is 43.9 Å². The number of nitrogens with zero attached hydrogens (tertiary/aromatic N) is 1. The van der Waals surface area contributed by atoms with Crippen LogP contribution in [-0.4, -0.2) is 28.0 Å². The van der Waals surface area contributed by atoms with Gasteiger partial charge in [-0.2, -0.15) is 11.8 Å². The molecule has 1 fully saturated rings. The lowest BCUT2D eigenvalue weighted by Crippen LogP contribution is -2.45. The van der Waals surface area contributed by atoms with Gasteiger partial charge >= 0.3 is 0 Å². The SMILES string of the molecule is CSC1(CNC(=O)c2cc(N)cn2C(C)C)CCC1.